The molecule has 27 heavy (non-hydrogen) atoms. The lowest BCUT2D eigenvalue weighted by Gasteiger charge is -2.04. The minimum absolute atomic E-state index is 0.113. The van der Waals surface area contributed by atoms with E-state index < -0.39 is 0 Å². The van der Waals surface area contributed by atoms with Crippen LogP contribution >= 0.6 is 0 Å². The summed E-state index contributed by atoms with van der Waals surface area (Å²) in [6.07, 6.45) is 4.19. The van der Waals surface area contributed by atoms with Gasteiger partial charge in [-0.1, -0.05) is 18.2 Å². The number of hydrogen-bond donors (Lipinski definition) is 1. The Morgan fingerprint density at radius 1 is 1.19 bits per heavy atom. The van der Waals surface area contributed by atoms with Crippen LogP contribution in [0.25, 0.3) is 16.6 Å². The molecule has 0 atom stereocenters. The van der Waals surface area contributed by atoms with Gasteiger partial charge in [0.05, 0.1) is 23.0 Å². The molecule has 7 heteroatoms. The second kappa shape index (κ2) is 7.03. The van der Waals surface area contributed by atoms with Gasteiger partial charge >= 0.3 is 5.97 Å². The Morgan fingerprint density at radius 3 is 2.89 bits per heavy atom. The Hall–Kier alpha value is -3.48. The maximum atomic E-state index is 12.0. The monoisotopic (exact) mass is 362 g/mol. The van der Waals surface area contributed by atoms with Crippen molar-refractivity contribution >= 4 is 22.5 Å². The summed E-state index contributed by atoms with van der Waals surface area (Å²) in [7, 11) is 0. The van der Waals surface area contributed by atoms with Crippen LogP contribution in [0.5, 0.6) is 0 Å². The predicted molar refractivity (Wildman–Crippen MR) is 100 cm³/mol. The highest BCUT2D eigenvalue weighted by Crippen LogP contribution is 2.11. The molecule has 4 aromatic rings. The van der Waals surface area contributed by atoms with Crippen molar-refractivity contribution in [3.63, 3.8) is 0 Å². The van der Waals surface area contributed by atoms with Crippen LogP contribution in [0.4, 0.5) is 0 Å². The number of ether oxygens (including phenoxy) is 1. The topological polar surface area (TPSA) is 89.4 Å². The number of imidazole rings is 1. The van der Waals surface area contributed by atoms with Crippen molar-refractivity contribution in [3.8, 4) is 0 Å². The number of nitrogens with zero attached hydrogens (tertiary/aromatic N) is 3. The zero-order valence-corrected chi connectivity index (χ0v) is 14.8. The first-order valence-corrected chi connectivity index (χ1v) is 8.67. The van der Waals surface area contributed by atoms with E-state index in [0.29, 0.717) is 28.8 Å². The second-order valence-electron chi connectivity index (χ2n) is 6.34. The maximum Gasteiger partial charge on any atom is 0.306 e. The fraction of sp³-hybridized carbons (Fsp3) is 0.200. The van der Waals surface area contributed by atoms with E-state index in [1.807, 2.05) is 41.9 Å². The largest absolute Gasteiger partial charge is 0.459 e. The lowest BCUT2D eigenvalue weighted by Crippen LogP contribution is -2.14. The van der Waals surface area contributed by atoms with Crippen LogP contribution < -0.4 is 5.56 Å². The zero-order valence-electron chi connectivity index (χ0n) is 14.8. The summed E-state index contributed by atoms with van der Waals surface area (Å²) in [6.45, 7) is 2.09. The lowest BCUT2D eigenvalue weighted by molar-refractivity contribution is -0.145. The van der Waals surface area contributed by atoms with Gasteiger partial charge < -0.3 is 14.1 Å². The van der Waals surface area contributed by atoms with Crippen molar-refractivity contribution in [2.75, 3.05) is 0 Å². The summed E-state index contributed by atoms with van der Waals surface area (Å²) in [6, 6.07) is 11.0. The number of benzene rings is 1. The van der Waals surface area contributed by atoms with Gasteiger partial charge in [-0.05, 0) is 30.7 Å². The van der Waals surface area contributed by atoms with Gasteiger partial charge in [-0.2, -0.15) is 0 Å². The van der Waals surface area contributed by atoms with Crippen LogP contribution in [0.15, 0.2) is 53.6 Å². The van der Waals surface area contributed by atoms with Gasteiger partial charge in [0.15, 0.2) is 0 Å². The van der Waals surface area contributed by atoms with E-state index in [2.05, 4.69) is 15.0 Å². The number of aryl methyl sites for hydroxylation is 2. The summed E-state index contributed by atoms with van der Waals surface area (Å²) in [5.41, 5.74) is 3.01. The quantitative estimate of drug-likeness (QED) is 0.551. The first kappa shape index (κ1) is 17.0. The summed E-state index contributed by atoms with van der Waals surface area (Å²) >= 11 is 0. The Labute approximate surface area is 154 Å². The number of aromatic amines is 1. The summed E-state index contributed by atoms with van der Waals surface area (Å²) in [5.74, 6) is 0.110. The fourth-order valence-electron chi connectivity index (χ4n) is 2.97. The number of carbonyl (C=O) groups excluding carboxylic acids is 1. The fourth-order valence-corrected chi connectivity index (χ4v) is 2.97. The van der Waals surface area contributed by atoms with Gasteiger partial charge in [0.1, 0.15) is 18.1 Å². The van der Waals surface area contributed by atoms with Crippen molar-refractivity contribution in [1.29, 1.82) is 0 Å². The number of nitrogens with one attached hydrogen (secondary N) is 1. The van der Waals surface area contributed by atoms with Crippen LogP contribution in [0.2, 0.25) is 0 Å². The Morgan fingerprint density at radius 2 is 2.04 bits per heavy atom. The molecule has 136 valence electrons. The van der Waals surface area contributed by atoms with E-state index >= 15 is 0 Å². The number of carbonyl (C=O) groups is 1. The van der Waals surface area contributed by atoms with Crippen LogP contribution in [-0.4, -0.2) is 25.3 Å². The van der Waals surface area contributed by atoms with E-state index in [9.17, 15) is 9.59 Å². The highest BCUT2D eigenvalue weighted by Gasteiger charge is 2.10. The Balaban J connectivity index is 1.38. The second-order valence-corrected chi connectivity index (χ2v) is 6.34. The molecular weight excluding hydrogens is 344 g/mol. The molecule has 0 radical (unpaired) electrons. The summed E-state index contributed by atoms with van der Waals surface area (Å²) in [5, 5.41) is 0.533. The first-order valence-electron chi connectivity index (χ1n) is 8.67. The smallest absolute Gasteiger partial charge is 0.306 e. The van der Waals surface area contributed by atoms with Gasteiger partial charge in [0.2, 0.25) is 0 Å². The van der Waals surface area contributed by atoms with Crippen LogP contribution in [0.1, 0.15) is 23.5 Å². The van der Waals surface area contributed by atoms with Crippen molar-refractivity contribution in [2.45, 2.75) is 26.4 Å². The van der Waals surface area contributed by atoms with Crippen LogP contribution in [0, 0.1) is 6.92 Å². The molecule has 1 aromatic carbocycles. The van der Waals surface area contributed by atoms with Crippen molar-refractivity contribution < 1.29 is 9.53 Å². The minimum atomic E-state index is -0.361. The van der Waals surface area contributed by atoms with Gasteiger partial charge in [-0.25, -0.2) is 9.97 Å². The standard InChI is InChI=1S/C20H18N4O3/c1-13-5-4-10-24-11-14(21-19(13)24)12-27-18(25)9-8-17-22-16-7-3-2-6-15(16)20(26)23-17/h2-7,10-11H,8-9,12H2,1H3,(H,22,23,26). The molecule has 0 bridgehead atoms. The summed E-state index contributed by atoms with van der Waals surface area (Å²) in [4.78, 5) is 35.7. The molecule has 0 saturated carbocycles. The third kappa shape index (κ3) is 3.57. The third-order valence-electron chi connectivity index (χ3n) is 4.34. The number of pyridine rings is 1. The van der Waals surface area contributed by atoms with E-state index in [0.717, 1.165) is 11.2 Å². The molecule has 0 fully saturated rings. The Bertz CT molecular complexity index is 1190. The molecule has 0 amide bonds. The number of para-hydroxylation sites is 1. The van der Waals surface area contributed by atoms with Crippen molar-refractivity contribution in [2.24, 2.45) is 0 Å². The van der Waals surface area contributed by atoms with Crippen LogP contribution in [0.3, 0.4) is 0 Å². The number of fused-ring (bicyclic) bond motifs is 2. The van der Waals surface area contributed by atoms with Crippen molar-refractivity contribution in [1.82, 2.24) is 19.4 Å². The highest BCUT2D eigenvalue weighted by molar-refractivity contribution is 5.77. The average Bonchev–Trinajstić information content (AvgIpc) is 3.09. The van der Waals surface area contributed by atoms with Gasteiger partial charge in [0.25, 0.3) is 5.56 Å². The summed E-state index contributed by atoms with van der Waals surface area (Å²) < 4.78 is 7.21. The highest BCUT2D eigenvalue weighted by atomic mass is 16.5. The molecule has 0 saturated heterocycles. The van der Waals surface area contributed by atoms with E-state index in [4.69, 9.17) is 4.74 Å². The molecular formula is C20H18N4O3. The molecule has 1 N–H and O–H groups in total. The van der Waals surface area contributed by atoms with E-state index in [-0.39, 0.29) is 24.6 Å². The molecule has 3 aromatic heterocycles. The molecule has 0 unspecified atom stereocenters. The number of aromatic nitrogens is 4. The zero-order chi connectivity index (χ0) is 18.8. The first-order chi connectivity index (χ1) is 13.1. The normalized spacial score (nSPS) is 11.1. The number of H-pyrrole nitrogens is 1. The predicted octanol–water partition coefficient (Wildman–Crippen LogP) is 2.56. The lowest BCUT2D eigenvalue weighted by atomic mass is 10.2. The van der Waals surface area contributed by atoms with E-state index in [1.54, 1.807) is 18.2 Å². The van der Waals surface area contributed by atoms with Crippen molar-refractivity contribution in [3.05, 3.63) is 76.2 Å². The molecule has 0 spiro atoms. The molecule has 3 heterocycles. The van der Waals surface area contributed by atoms with Crippen LogP contribution in [-0.2, 0) is 22.6 Å². The molecule has 0 aliphatic heterocycles. The molecule has 7 nitrogen and oxygen atoms in total. The minimum Gasteiger partial charge on any atom is -0.459 e. The maximum absolute atomic E-state index is 12.0. The van der Waals surface area contributed by atoms with E-state index in [1.165, 1.54) is 0 Å². The molecule has 0 aliphatic carbocycles. The number of rotatable bonds is 5. The molecule has 0 aliphatic rings. The SMILES string of the molecule is Cc1cccn2cc(COC(=O)CCc3nc4ccccc4c(=O)[nH]3)nc12. The van der Waals surface area contributed by atoms with Gasteiger partial charge in [0, 0.05) is 18.8 Å². The van der Waals surface area contributed by atoms with Gasteiger partial charge in [-0.3, -0.25) is 9.59 Å². The van der Waals surface area contributed by atoms with Gasteiger partial charge in [-0.15, -0.1) is 0 Å². The third-order valence-corrected chi connectivity index (χ3v) is 4.34. The number of hydrogen-bond acceptors (Lipinski definition) is 5. The number of esters is 1. The average molecular weight is 362 g/mol. The molecule has 4 rings (SSSR count). The Kier molecular flexibility index (Phi) is 4.42.